The zero-order chi connectivity index (χ0) is 9.80. The van der Waals surface area contributed by atoms with Gasteiger partial charge in [0.15, 0.2) is 0 Å². The van der Waals surface area contributed by atoms with Crippen LogP contribution in [-0.4, -0.2) is 31.1 Å². The zero-order valence-electron chi connectivity index (χ0n) is 8.48. The summed E-state index contributed by atoms with van der Waals surface area (Å²) in [6.07, 6.45) is 2.60. The standard InChI is InChI=1S/C11H18N2S/c12-4-7-13-5-1-10(2-6-13)11-3-8-14-9-11/h3,8-10H,1-2,4-7,12H2. The van der Waals surface area contributed by atoms with Crippen LogP contribution < -0.4 is 5.73 Å². The molecule has 1 aromatic heterocycles. The van der Waals surface area contributed by atoms with Gasteiger partial charge >= 0.3 is 0 Å². The first-order valence-electron chi connectivity index (χ1n) is 5.34. The third-order valence-corrected chi connectivity index (χ3v) is 3.75. The van der Waals surface area contributed by atoms with Crippen LogP contribution in [0.4, 0.5) is 0 Å². The van der Waals surface area contributed by atoms with Crippen molar-refractivity contribution in [1.82, 2.24) is 4.90 Å². The molecule has 0 saturated carbocycles. The van der Waals surface area contributed by atoms with Gasteiger partial charge in [-0.2, -0.15) is 11.3 Å². The monoisotopic (exact) mass is 210 g/mol. The van der Waals surface area contributed by atoms with Crippen molar-refractivity contribution in [2.45, 2.75) is 18.8 Å². The lowest BCUT2D eigenvalue weighted by Gasteiger charge is -2.31. The van der Waals surface area contributed by atoms with Crippen LogP contribution in [0.1, 0.15) is 24.3 Å². The molecular formula is C11H18N2S. The molecule has 3 heteroatoms. The van der Waals surface area contributed by atoms with Crippen molar-refractivity contribution < 1.29 is 0 Å². The molecule has 0 spiro atoms. The van der Waals surface area contributed by atoms with Gasteiger partial charge in [0, 0.05) is 13.1 Å². The minimum atomic E-state index is 0.795. The molecule has 1 saturated heterocycles. The molecule has 1 aliphatic rings. The Morgan fingerprint density at radius 3 is 2.79 bits per heavy atom. The van der Waals surface area contributed by atoms with Crippen LogP contribution in [0.5, 0.6) is 0 Å². The summed E-state index contributed by atoms with van der Waals surface area (Å²) in [5.74, 6) is 0.801. The largest absolute Gasteiger partial charge is 0.329 e. The maximum atomic E-state index is 5.55. The highest BCUT2D eigenvalue weighted by Crippen LogP contribution is 2.28. The predicted octanol–water partition coefficient (Wildman–Crippen LogP) is 1.89. The number of piperidine rings is 1. The van der Waals surface area contributed by atoms with Crippen molar-refractivity contribution in [3.05, 3.63) is 22.4 Å². The Kier molecular flexibility index (Phi) is 3.56. The molecule has 0 bridgehead atoms. The molecule has 0 atom stereocenters. The maximum Gasteiger partial charge on any atom is 0.0105 e. The molecule has 1 fully saturated rings. The highest BCUT2D eigenvalue weighted by Gasteiger charge is 2.19. The van der Waals surface area contributed by atoms with Crippen LogP contribution in [0, 0.1) is 0 Å². The van der Waals surface area contributed by atoms with Crippen LogP contribution in [0.3, 0.4) is 0 Å². The van der Waals surface area contributed by atoms with Crippen molar-refractivity contribution in [3.63, 3.8) is 0 Å². The summed E-state index contributed by atoms with van der Waals surface area (Å²) in [5.41, 5.74) is 7.09. The molecule has 14 heavy (non-hydrogen) atoms. The minimum absolute atomic E-state index is 0.795. The Hall–Kier alpha value is -0.380. The van der Waals surface area contributed by atoms with E-state index in [9.17, 15) is 0 Å². The van der Waals surface area contributed by atoms with E-state index in [2.05, 4.69) is 21.7 Å². The fraction of sp³-hybridized carbons (Fsp3) is 0.636. The molecule has 2 rings (SSSR count). The van der Waals surface area contributed by atoms with E-state index in [0.717, 1.165) is 19.0 Å². The smallest absolute Gasteiger partial charge is 0.0105 e. The first-order chi connectivity index (χ1) is 6.90. The number of nitrogens with zero attached hydrogens (tertiary/aromatic N) is 1. The van der Waals surface area contributed by atoms with Gasteiger partial charge in [0.25, 0.3) is 0 Å². The second kappa shape index (κ2) is 4.91. The summed E-state index contributed by atoms with van der Waals surface area (Å²) in [5, 5.41) is 4.48. The number of thiophene rings is 1. The molecule has 78 valence electrons. The molecule has 2 nitrogen and oxygen atoms in total. The molecule has 1 aliphatic heterocycles. The second-order valence-corrected chi connectivity index (χ2v) is 4.74. The van der Waals surface area contributed by atoms with Crippen molar-refractivity contribution in [2.75, 3.05) is 26.2 Å². The molecular weight excluding hydrogens is 192 g/mol. The quantitative estimate of drug-likeness (QED) is 0.825. The Morgan fingerprint density at radius 1 is 1.43 bits per heavy atom. The fourth-order valence-electron chi connectivity index (χ4n) is 2.18. The van der Waals surface area contributed by atoms with Gasteiger partial charge in [0.2, 0.25) is 0 Å². The third-order valence-electron chi connectivity index (χ3n) is 3.05. The lowest BCUT2D eigenvalue weighted by molar-refractivity contribution is 0.218. The van der Waals surface area contributed by atoms with Crippen molar-refractivity contribution in [3.8, 4) is 0 Å². The molecule has 0 radical (unpaired) electrons. The van der Waals surface area contributed by atoms with Crippen LogP contribution >= 0.6 is 11.3 Å². The number of likely N-dealkylation sites (tertiary alicyclic amines) is 1. The van der Waals surface area contributed by atoms with Gasteiger partial charge in [-0.1, -0.05) is 0 Å². The molecule has 2 heterocycles. The summed E-state index contributed by atoms with van der Waals surface area (Å²) in [7, 11) is 0. The van der Waals surface area contributed by atoms with E-state index in [4.69, 9.17) is 5.73 Å². The third kappa shape index (κ3) is 2.35. The SMILES string of the molecule is NCCN1CCC(c2ccsc2)CC1. The summed E-state index contributed by atoms with van der Waals surface area (Å²) >= 11 is 1.81. The average Bonchev–Trinajstić information content (AvgIpc) is 2.72. The molecule has 2 N–H and O–H groups in total. The van der Waals surface area contributed by atoms with Gasteiger partial charge in [-0.25, -0.2) is 0 Å². The molecule has 0 aliphatic carbocycles. The van der Waals surface area contributed by atoms with E-state index in [0.29, 0.717) is 0 Å². The Balaban J connectivity index is 1.84. The van der Waals surface area contributed by atoms with E-state index >= 15 is 0 Å². The van der Waals surface area contributed by atoms with E-state index in [1.54, 1.807) is 5.56 Å². The zero-order valence-corrected chi connectivity index (χ0v) is 9.30. The highest BCUT2D eigenvalue weighted by atomic mass is 32.1. The highest BCUT2D eigenvalue weighted by molar-refractivity contribution is 7.07. The van der Waals surface area contributed by atoms with Gasteiger partial charge < -0.3 is 10.6 Å². The molecule has 0 unspecified atom stereocenters. The molecule has 1 aromatic rings. The van der Waals surface area contributed by atoms with Gasteiger partial charge in [0.05, 0.1) is 0 Å². The normalized spacial score (nSPS) is 20.1. The number of rotatable bonds is 3. The van der Waals surface area contributed by atoms with E-state index in [1.807, 2.05) is 11.3 Å². The van der Waals surface area contributed by atoms with E-state index in [1.165, 1.54) is 25.9 Å². The summed E-state index contributed by atoms with van der Waals surface area (Å²) in [6, 6.07) is 2.27. The Bertz CT molecular complexity index is 250. The van der Waals surface area contributed by atoms with Gasteiger partial charge in [0.1, 0.15) is 0 Å². The van der Waals surface area contributed by atoms with Crippen LogP contribution in [-0.2, 0) is 0 Å². The van der Waals surface area contributed by atoms with Crippen molar-refractivity contribution >= 4 is 11.3 Å². The fourth-order valence-corrected chi connectivity index (χ4v) is 2.92. The molecule has 0 aromatic carbocycles. The molecule has 0 amide bonds. The minimum Gasteiger partial charge on any atom is -0.329 e. The first kappa shape index (κ1) is 10.1. The van der Waals surface area contributed by atoms with Crippen LogP contribution in [0.25, 0.3) is 0 Å². The van der Waals surface area contributed by atoms with Gasteiger partial charge in [-0.15, -0.1) is 0 Å². The first-order valence-corrected chi connectivity index (χ1v) is 6.29. The Morgan fingerprint density at radius 2 is 2.21 bits per heavy atom. The van der Waals surface area contributed by atoms with Gasteiger partial charge in [-0.3, -0.25) is 0 Å². The van der Waals surface area contributed by atoms with Crippen LogP contribution in [0.2, 0.25) is 0 Å². The van der Waals surface area contributed by atoms with Crippen molar-refractivity contribution in [2.24, 2.45) is 5.73 Å². The number of hydrogen-bond donors (Lipinski definition) is 1. The lowest BCUT2D eigenvalue weighted by Crippen LogP contribution is -2.36. The maximum absolute atomic E-state index is 5.55. The lowest BCUT2D eigenvalue weighted by atomic mass is 9.91. The van der Waals surface area contributed by atoms with E-state index in [-0.39, 0.29) is 0 Å². The summed E-state index contributed by atoms with van der Waals surface area (Å²) < 4.78 is 0. The number of hydrogen-bond acceptors (Lipinski definition) is 3. The topological polar surface area (TPSA) is 29.3 Å². The summed E-state index contributed by atoms with van der Waals surface area (Å²) in [6.45, 7) is 4.30. The van der Waals surface area contributed by atoms with Gasteiger partial charge in [-0.05, 0) is 54.2 Å². The van der Waals surface area contributed by atoms with E-state index < -0.39 is 0 Å². The second-order valence-electron chi connectivity index (χ2n) is 3.96. The van der Waals surface area contributed by atoms with Crippen molar-refractivity contribution in [1.29, 1.82) is 0 Å². The van der Waals surface area contributed by atoms with Crippen LogP contribution in [0.15, 0.2) is 16.8 Å². The predicted molar refractivity (Wildman–Crippen MR) is 61.8 cm³/mol. The average molecular weight is 210 g/mol. The number of nitrogens with two attached hydrogens (primary N) is 1. The Labute approximate surface area is 89.7 Å². The summed E-state index contributed by atoms with van der Waals surface area (Å²) in [4.78, 5) is 2.48.